The number of methoxy groups -OCH3 is 2. The summed E-state index contributed by atoms with van der Waals surface area (Å²) in [6.07, 6.45) is 1.62. The second-order valence-corrected chi connectivity index (χ2v) is 6.65. The van der Waals surface area contributed by atoms with E-state index in [9.17, 15) is 4.79 Å². The molecule has 0 fully saturated rings. The first kappa shape index (κ1) is 21.2. The number of benzene rings is 2. The summed E-state index contributed by atoms with van der Waals surface area (Å²) in [5.41, 5.74) is 0.984. The van der Waals surface area contributed by atoms with Gasteiger partial charge >= 0.3 is 0 Å². The zero-order valence-corrected chi connectivity index (χ0v) is 16.9. The normalized spacial score (nSPS) is 10.4. The van der Waals surface area contributed by atoms with Gasteiger partial charge in [-0.05, 0) is 54.8 Å². The molecule has 0 atom stereocenters. The minimum atomic E-state index is -0.0253. The van der Waals surface area contributed by atoms with E-state index in [0.29, 0.717) is 48.2 Å². The lowest BCUT2D eigenvalue weighted by Gasteiger charge is -2.11. The summed E-state index contributed by atoms with van der Waals surface area (Å²) in [5, 5.41) is 3.92. The summed E-state index contributed by atoms with van der Waals surface area (Å²) in [7, 11) is 3.24. The molecule has 1 amide bonds. The molecule has 0 unspecified atom stereocenters. The molecule has 2 aromatic rings. The van der Waals surface area contributed by atoms with Crippen molar-refractivity contribution in [3.05, 3.63) is 52.0 Å². The third-order valence-corrected chi connectivity index (χ3v) is 4.43. The fourth-order valence-corrected chi connectivity index (χ4v) is 2.97. The van der Waals surface area contributed by atoms with Crippen LogP contribution in [0.15, 0.2) is 36.4 Å². The summed E-state index contributed by atoms with van der Waals surface area (Å²) < 4.78 is 16.1. The highest BCUT2D eigenvalue weighted by molar-refractivity contribution is 6.35. The van der Waals surface area contributed by atoms with E-state index >= 15 is 0 Å². The summed E-state index contributed by atoms with van der Waals surface area (Å²) in [5.74, 6) is 2.07. The van der Waals surface area contributed by atoms with Crippen molar-refractivity contribution in [3.8, 4) is 17.2 Å². The van der Waals surface area contributed by atoms with E-state index in [1.807, 2.05) is 18.2 Å². The number of halogens is 2. The maximum absolute atomic E-state index is 12.0. The van der Waals surface area contributed by atoms with Crippen molar-refractivity contribution in [2.45, 2.75) is 19.3 Å². The molecule has 0 bridgehead atoms. The Morgan fingerprint density at radius 2 is 1.81 bits per heavy atom. The first-order chi connectivity index (χ1) is 13.0. The van der Waals surface area contributed by atoms with Crippen LogP contribution in [0.2, 0.25) is 10.0 Å². The third-order valence-electron chi connectivity index (χ3n) is 3.90. The monoisotopic (exact) mass is 411 g/mol. The molecule has 0 aromatic heterocycles. The maximum Gasteiger partial charge on any atom is 0.220 e. The van der Waals surface area contributed by atoms with Gasteiger partial charge < -0.3 is 19.5 Å². The van der Waals surface area contributed by atoms with Gasteiger partial charge in [-0.1, -0.05) is 23.2 Å². The number of hydrogen-bond acceptors (Lipinski definition) is 4. The Balaban J connectivity index is 1.69. The third kappa shape index (κ3) is 6.85. The topological polar surface area (TPSA) is 56.8 Å². The molecular formula is C20H23Cl2NO4. The molecule has 0 saturated heterocycles. The van der Waals surface area contributed by atoms with Gasteiger partial charge in [0.05, 0.1) is 25.8 Å². The van der Waals surface area contributed by atoms with Crippen molar-refractivity contribution >= 4 is 29.1 Å². The van der Waals surface area contributed by atoms with Crippen LogP contribution in [0.25, 0.3) is 0 Å². The van der Waals surface area contributed by atoms with E-state index in [2.05, 4.69) is 5.32 Å². The van der Waals surface area contributed by atoms with E-state index in [-0.39, 0.29) is 5.91 Å². The highest BCUT2D eigenvalue weighted by atomic mass is 35.5. The van der Waals surface area contributed by atoms with Crippen molar-refractivity contribution in [2.24, 2.45) is 0 Å². The Kier molecular flexibility index (Phi) is 8.55. The zero-order chi connectivity index (χ0) is 19.6. The van der Waals surface area contributed by atoms with Crippen LogP contribution in [0.5, 0.6) is 17.2 Å². The fourth-order valence-electron chi connectivity index (χ4n) is 2.51. The van der Waals surface area contributed by atoms with E-state index < -0.39 is 0 Å². The first-order valence-corrected chi connectivity index (χ1v) is 9.34. The summed E-state index contributed by atoms with van der Waals surface area (Å²) >= 11 is 11.9. The zero-order valence-electron chi connectivity index (χ0n) is 15.4. The van der Waals surface area contributed by atoms with E-state index in [1.165, 1.54) is 0 Å². The number of carbonyl (C=O) groups is 1. The van der Waals surface area contributed by atoms with Crippen LogP contribution < -0.4 is 19.5 Å². The molecule has 146 valence electrons. The van der Waals surface area contributed by atoms with Crippen LogP contribution in [0.1, 0.15) is 18.4 Å². The Bertz CT molecular complexity index is 768. The minimum Gasteiger partial charge on any atom is -0.497 e. The van der Waals surface area contributed by atoms with Crippen LogP contribution >= 0.6 is 23.2 Å². The van der Waals surface area contributed by atoms with Gasteiger partial charge in [0.2, 0.25) is 5.91 Å². The fraction of sp³-hybridized carbons (Fsp3) is 0.350. The molecule has 0 aliphatic carbocycles. The molecule has 0 radical (unpaired) electrons. The molecule has 27 heavy (non-hydrogen) atoms. The molecule has 5 nitrogen and oxygen atoms in total. The molecule has 1 N–H and O–H groups in total. The van der Waals surface area contributed by atoms with Gasteiger partial charge in [0, 0.05) is 18.0 Å². The Hall–Kier alpha value is -2.11. The minimum absolute atomic E-state index is 0.0253. The van der Waals surface area contributed by atoms with Crippen LogP contribution in [0.4, 0.5) is 0 Å². The summed E-state index contributed by atoms with van der Waals surface area (Å²) in [6.45, 7) is 0.921. The number of rotatable bonds is 10. The maximum atomic E-state index is 12.0. The largest absolute Gasteiger partial charge is 0.497 e. The smallest absolute Gasteiger partial charge is 0.220 e. The van der Waals surface area contributed by atoms with Gasteiger partial charge in [-0.3, -0.25) is 4.79 Å². The average Bonchev–Trinajstić information content (AvgIpc) is 2.66. The van der Waals surface area contributed by atoms with E-state index in [4.69, 9.17) is 37.4 Å². The van der Waals surface area contributed by atoms with Gasteiger partial charge in [0.1, 0.15) is 17.2 Å². The number of nitrogens with one attached hydrogen (secondary N) is 1. The second-order valence-electron chi connectivity index (χ2n) is 5.80. The second kappa shape index (κ2) is 10.9. The Morgan fingerprint density at radius 3 is 2.52 bits per heavy atom. The van der Waals surface area contributed by atoms with Crippen LogP contribution in [0, 0.1) is 0 Å². The lowest BCUT2D eigenvalue weighted by atomic mass is 10.1. The molecule has 2 aromatic carbocycles. The highest BCUT2D eigenvalue weighted by Gasteiger charge is 2.07. The highest BCUT2D eigenvalue weighted by Crippen LogP contribution is 2.27. The van der Waals surface area contributed by atoms with Crippen molar-refractivity contribution < 1.29 is 19.0 Å². The quantitative estimate of drug-likeness (QED) is 0.583. The molecule has 0 aliphatic rings. The SMILES string of the molecule is COc1ccc(OC)c(CCNC(=O)CCCOc2ccc(Cl)cc2Cl)c1. The van der Waals surface area contributed by atoms with Crippen molar-refractivity contribution in [1.82, 2.24) is 5.32 Å². The number of hydrogen-bond donors (Lipinski definition) is 1. The molecule has 2 rings (SSSR count). The number of amides is 1. The van der Waals surface area contributed by atoms with Gasteiger partial charge in [-0.15, -0.1) is 0 Å². The molecule has 0 spiro atoms. The molecular weight excluding hydrogens is 389 g/mol. The van der Waals surface area contributed by atoms with Crippen LogP contribution in [0.3, 0.4) is 0 Å². The Morgan fingerprint density at radius 1 is 1.04 bits per heavy atom. The lowest BCUT2D eigenvalue weighted by molar-refractivity contribution is -0.121. The van der Waals surface area contributed by atoms with Gasteiger partial charge in [0.25, 0.3) is 0 Å². The van der Waals surface area contributed by atoms with E-state index in [0.717, 1.165) is 17.1 Å². The van der Waals surface area contributed by atoms with Crippen molar-refractivity contribution in [2.75, 3.05) is 27.4 Å². The Labute approximate surface area is 169 Å². The molecule has 0 aliphatic heterocycles. The number of ether oxygens (including phenoxy) is 3. The van der Waals surface area contributed by atoms with E-state index in [1.54, 1.807) is 32.4 Å². The van der Waals surface area contributed by atoms with Crippen LogP contribution in [-0.2, 0) is 11.2 Å². The summed E-state index contributed by atoms with van der Waals surface area (Å²) in [6, 6.07) is 10.7. The standard InChI is InChI=1S/C20H23Cl2NO4/c1-25-16-6-8-18(26-2)14(12-16)9-10-23-20(24)4-3-11-27-19-7-5-15(21)13-17(19)22/h5-8,12-13H,3-4,9-11H2,1-2H3,(H,23,24). The summed E-state index contributed by atoms with van der Waals surface area (Å²) in [4.78, 5) is 12.0. The van der Waals surface area contributed by atoms with Gasteiger partial charge in [0.15, 0.2) is 0 Å². The van der Waals surface area contributed by atoms with Crippen molar-refractivity contribution in [1.29, 1.82) is 0 Å². The molecule has 7 heteroatoms. The lowest BCUT2D eigenvalue weighted by Crippen LogP contribution is -2.25. The van der Waals surface area contributed by atoms with Crippen molar-refractivity contribution in [3.63, 3.8) is 0 Å². The van der Waals surface area contributed by atoms with Gasteiger partial charge in [-0.2, -0.15) is 0 Å². The predicted molar refractivity (Wildman–Crippen MR) is 107 cm³/mol. The van der Waals surface area contributed by atoms with Crippen LogP contribution in [-0.4, -0.2) is 33.3 Å². The molecule has 0 heterocycles. The molecule has 0 saturated carbocycles. The average molecular weight is 412 g/mol. The van der Waals surface area contributed by atoms with Gasteiger partial charge in [-0.25, -0.2) is 0 Å². The predicted octanol–water partition coefficient (Wildman–Crippen LogP) is 4.53. The number of carbonyl (C=O) groups excluding carboxylic acids is 1. The first-order valence-electron chi connectivity index (χ1n) is 8.59.